The van der Waals surface area contributed by atoms with Crippen molar-refractivity contribution in [1.29, 1.82) is 0 Å². The molecule has 0 unspecified atom stereocenters. The number of carbonyl (C=O) groups excluding carboxylic acids is 1. The lowest BCUT2D eigenvalue weighted by Crippen LogP contribution is -2.44. The fraction of sp³-hybridized carbons (Fsp3) is 0.368. The van der Waals surface area contributed by atoms with Gasteiger partial charge in [0.2, 0.25) is 11.9 Å². The van der Waals surface area contributed by atoms with E-state index in [0.717, 1.165) is 29.8 Å². The summed E-state index contributed by atoms with van der Waals surface area (Å²) in [5.74, 6) is 1.16. The molecule has 0 bridgehead atoms. The van der Waals surface area contributed by atoms with E-state index in [1.807, 2.05) is 32.0 Å². The van der Waals surface area contributed by atoms with Gasteiger partial charge in [-0.15, -0.1) is 5.10 Å². The van der Waals surface area contributed by atoms with E-state index >= 15 is 0 Å². The van der Waals surface area contributed by atoms with Gasteiger partial charge in [-0.05, 0) is 44.4 Å². The molecular weight excluding hydrogens is 356 g/mol. The summed E-state index contributed by atoms with van der Waals surface area (Å²) in [7, 11) is 0. The largest absolute Gasteiger partial charge is 0.364 e. The number of amides is 1. The van der Waals surface area contributed by atoms with Gasteiger partial charge in [-0.2, -0.15) is 4.98 Å². The Bertz CT molecular complexity index is 1080. The van der Waals surface area contributed by atoms with Gasteiger partial charge >= 0.3 is 0 Å². The molecule has 2 aromatic heterocycles. The first-order valence-corrected chi connectivity index (χ1v) is 9.36. The van der Waals surface area contributed by atoms with Crippen molar-refractivity contribution in [1.82, 2.24) is 19.6 Å². The molecule has 1 aromatic carbocycles. The molecule has 1 amide bonds. The number of benzene rings is 1. The minimum atomic E-state index is -0.522. The highest BCUT2D eigenvalue weighted by molar-refractivity contribution is 6.06. The van der Waals surface area contributed by atoms with E-state index < -0.39 is 5.41 Å². The molecule has 1 aliphatic carbocycles. The van der Waals surface area contributed by atoms with Crippen LogP contribution in [0.5, 0.6) is 0 Å². The number of aromatic nitrogens is 4. The fourth-order valence-electron chi connectivity index (χ4n) is 3.75. The summed E-state index contributed by atoms with van der Waals surface area (Å²) >= 11 is 0. The molecular formula is C19H22N8O. The SMILES string of the molecule is CC1(C)C(=O)Nc2cc(Nc3nc4c(N[C@H]5C[C@@H](N)C5)nccn4n3)ccc21. The van der Waals surface area contributed by atoms with Crippen molar-refractivity contribution >= 4 is 34.7 Å². The minimum Gasteiger partial charge on any atom is -0.364 e. The highest BCUT2D eigenvalue weighted by Crippen LogP contribution is 2.38. The number of fused-ring (bicyclic) bond motifs is 2. The van der Waals surface area contributed by atoms with Gasteiger partial charge in [-0.1, -0.05) is 6.07 Å². The first-order chi connectivity index (χ1) is 13.4. The lowest BCUT2D eigenvalue weighted by molar-refractivity contribution is -0.119. The summed E-state index contributed by atoms with van der Waals surface area (Å²) in [5.41, 5.74) is 8.60. The predicted molar refractivity (Wildman–Crippen MR) is 107 cm³/mol. The quantitative estimate of drug-likeness (QED) is 0.548. The number of rotatable bonds is 4. The van der Waals surface area contributed by atoms with Crippen molar-refractivity contribution in [3.8, 4) is 0 Å². The summed E-state index contributed by atoms with van der Waals surface area (Å²) < 4.78 is 1.69. The van der Waals surface area contributed by atoms with Gasteiger partial charge in [0.25, 0.3) is 0 Å². The Morgan fingerprint density at radius 1 is 1.32 bits per heavy atom. The van der Waals surface area contributed by atoms with Crippen molar-refractivity contribution in [3.63, 3.8) is 0 Å². The van der Waals surface area contributed by atoms with E-state index in [-0.39, 0.29) is 11.9 Å². The van der Waals surface area contributed by atoms with E-state index in [1.165, 1.54) is 0 Å². The zero-order chi connectivity index (χ0) is 19.5. The molecule has 3 aromatic rings. The Balaban J connectivity index is 1.40. The number of hydrogen-bond acceptors (Lipinski definition) is 7. The van der Waals surface area contributed by atoms with Crippen LogP contribution in [0.3, 0.4) is 0 Å². The zero-order valence-corrected chi connectivity index (χ0v) is 15.7. The van der Waals surface area contributed by atoms with Crippen LogP contribution in [0.1, 0.15) is 32.3 Å². The number of hydrogen-bond donors (Lipinski definition) is 4. The third-order valence-electron chi connectivity index (χ3n) is 5.53. The van der Waals surface area contributed by atoms with E-state index in [9.17, 15) is 4.79 Å². The summed E-state index contributed by atoms with van der Waals surface area (Å²) in [5, 5.41) is 14.0. The summed E-state index contributed by atoms with van der Waals surface area (Å²) in [4.78, 5) is 21.1. The van der Waals surface area contributed by atoms with Crippen LogP contribution in [-0.4, -0.2) is 37.6 Å². The highest BCUT2D eigenvalue weighted by Gasteiger charge is 2.38. The molecule has 5 N–H and O–H groups in total. The molecule has 0 atom stereocenters. The molecule has 9 heteroatoms. The molecule has 1 aliphatic heterocycles. The number of nitrogens with one attached hydrogen (secondary N) is 3. The molecule has 9 nitrogen and oxygen atoms in total. The Hall–Kier alpha value is -3.20. The van der Waals surface area contributed by atoms with Crippen LogP contribution in [0.25, 0.3) is 5.65 Å². The van der Waals surface area contributed by atoms with Gasteiger partial charge in [0.05, 0.1) is 5.41 Å². The first-order valence-electron chi connectivity index (χ1n) is 9.36. The normalized spacial score (nSPS) is 22.5. The van der Waals surface area contributed by atoms with Crippen molar-refractivity contribution in [2.24, 2.45) is 5.73 Å². The average molecular weight is 378 g/mol. The van der Waals surface area contributed by atoms with Crippen LogP contribution in [0.2, 0.25) is 0 Å². The smallest absolute Gasteiger partial charge is 0.247 e. The monoisotopic (exact) mass is 378 g/mol. The standard InChI is InChI=1S/C19H22N8O/c1-19(2)13-4-3-11(9-14(13)24-17(19)28)23-18-25-16-15(21-5-6-27(16)26-18)22-12-7-10(20)8-12/h3-6,9-10,12H,7-8,20H2,1-2H3,(H,21,22)(H,23,26)(H,24,28)/t10-,12+. The van der Waals surface area contributed by atoms with Crippen molar-refractivity contribution in [2.45, 2.75) is 44.2 Å². The van der Waals surface area contributed by atoms with Crippen molar-refractivity contribution in [2.75, 3.05) is 16.0 Å². The van der Waals surface area contributed by atoms with Gasteiger partial charge in [0.15, 0.2) is 11.5 Å². The van der Waals surface area contributed by atoms with Gasteiger partial charge in [0.1, 0.15) is 0 Å². The van der Waals surface area contributed by atoms with Gasteiger partial charge in [-0.3, -0.25) is 4.79 Å². The lowest BCUT2D eigenvalue weighted by atomic mass is 9.86. The van der Waals surface area contributed by atoms with E-state index in [0.29, 0.717) is 23.5 Å². The third kappa shape index (κ3) is 2.66. The molecule has 0 spiro atoms. The van der Waals surface area contributed by atoms with E-state index in [2.05, 4.69) is 31.0 Å². The summed E-state index contributed by atoms with van der Waals surface area (Å²) in [6, 6.07) is 6.38. The number of nitrogens with zero attached hydrogens (tertiary/aromatic N) is 4. The van der Waals surface area contributed by atoms with Gasteiger partial charge in [-0.25, -0.2) is 9.50 Å². The molecule has 1 saturated carbocycles. The topological polar surface area (TPSA) is 122 Å². The van der Waals surface area contributed by atoms with Gasteiger partial charge < -0.3 is 21.7 Å². The number of carbonyl (C=O) groups is 1. The molecule has 0 saturated heterocycles. The second kappa shape index (κ2) is 5.90. The van der Waals surface area contributed by atoms with Crippen molar-refractivity contribution < 1.29 is 4.79 Å². The highest BCUT2D eigenvalue weighted by atomic mass is 16.2. The van der Waals surface area contributed by atoms with Crippen LogP contribution < -0.4 is 21.7 Å². The van der Waals surface area contributed by atoms with Crippen LogP contribution in [-0.2, 0) is 10.2 Å². The molecule has 3 heterocycles. The van der Waals surface area contributed by atoms with Gasteiger partial charge in [0, 0.05) is 35.9 Å². The Morgan fingerprint density at radius 2 is 2.14 bits per heavy atom. The first kappa shape index (κ1) is 16.9. The maximum Gasteiger partial charge on any atom is 0.247 e. The Kier molecular flexibility index (Phi) is 3.57. The van der Waals surface area contributed by atoms with E-state index in [1.54, 1.807) is 16.9 Å². The Labute approximate surface area is 161 Å². The van der Waals surface area contributed by atoms with Crippen LogP contribution in [0.4, 0.5) is 23.1 Å². The minimum absolute atomic E-state index is 0.00279. The summed E-state index contributed by atoms with van der Waals surface area (Å²) in [6.45, 7) is 3.84. The maximum atomic E-state index is 12.1. The van der Waals surface area contributed by atoms with E-state index in [4.69, 9.17) is 5.73 Å². The van der Waals surface area contributed by atoms with Crippen molar-refractivity contribution in [3.05, 3.63) is 36.2 Å². The third-order valence-corrected chi connectivity index (χ3v) is 5.53. The number of anilines is 4. The maximum absolute atomic E-state index is 12.1. The second-order valence-corrected chi connectivity index (χ2v) is 8.02. The lowest BCUT2D eigenvalue weighted by Gasteiger charge is -2.33. The molecule has 5 rings (SSSR count). The Morgan fingerprint density at radius 3 is 2.93 bits per heavy atom. The van der Waals surface area contributed by atoms with Crippen LogP contribution in [0.15, 0.2) is 30.6 Å². The predicted octanol–water partition coefficient (Wildman–Crippen LogP) is 2.00. The summed E-state index contributed by atoms with van der Waals surface area (Å²) in [6.07, 6.45) is 5.31. The zero-order valence-electron chi connectivity index (χ0n) is 15.7. The molecule has 28 heavy (non-hydrogen) atoms. The fourth-order valence-corrected chi connectivity index (χ4v) is 3.75. The molecule has 0 radical (unpaired) electrons. The second-order valence-electron chi connectivity index (χ2n) is 8.02. The molecule has 2 aliphatic rings. The van der Waals surface area contributed by atoms with Crippen LogP contribution in [0, 0.1) is 0 Å². The number of nitrogens with two attached hydrogens (primary N) is 1. The average Bonchev–Trinajstić information content (AvgIpc) is 3.12. The van der Waals surface area contributed by atoms with Crippen LogP contribution >= 0.6 is 0 Å². The molecule has 1 fully saturated rings. The molecule has 144 valence electrons.